The Balaban J connectivity index is 2.11. The van der Waals surface area contributed by atoms with E-state index in [2.05, 4.69) is 42.3 Å². The van der Waals surface area contributed by atoms with Crippen LogP contribution in [0, 0.1) is 13.8 Å². The minimum Gasteiger partial charge on any atom is -0.316 e. The smallest absolute Gasteiger partial charge is 0.0621 e. The SMILES string of the molecule is CNC(Cc1cc(C)cc(C)c1)Cc1ccncc1Cl. The molecule has 1 unspecified atom stereocenters. The lowest BCUT2D eigenvalue weighted by molar-refractivity contribution is 0.556. The van der Waals surface area contributed by atoms with Gasteiger partial charge in [-0.05, 0) is 50.9 Å². The van der Waals surface area contributed by atoms with Crippen LogP contribution in [-0.4, -0.2) is 18.1 Å². The van der Waals surface area contributed by atoms with Crippen molar-refractivity contribution in [3.05, 3.63) is 63.9 Å². The van der Waals surface area contributed by atoms with E-state index in [0.717, 1.165) is 23.4 Å². The highest BCUT2D eigenvalue weighted by Crippen LogP contribution is 2.18. The molecule has 106 valence electrons. The van der Waals surface area contributed by atoms with Crippen molar-refractivity contribution in [3.63, 3.8) is 0 Å². The number of rotatable bonds is 5. The molecule has 2 rings (SSSR count). The van der Waals surface area contributed by atoms with E-state index >= 15 is 0 Å². The van der Waals surface area contributed by atoms with Crippen LogP contribution in [0.4, 0.5) is 0 Å². The Bertz CT molecular complexity index is 561. The second-order valence-corrected chi connectivity index (χ2v) is 5.76. The fourth-order valence-electron chi connectivity index (χ4n) is 2.58. The van der Waals surface area contributed by atoms with Gasteiger partial charge in [0.15, 0.2) is 0 Å². The zero-order valence-electron chi connectivity index (χ0n) is 12.3. The molecule has 0 amide bonds. The molecular formula is C17H21ClN2. The van der Waals surface area contributed by atoms with Crippen LogP contribution in [0.2, 0.25) is 5.02 Å². The average Bonchev–Trinajstić information content (AvgIpc) is 2.39. The first kappa shape index (κ1) is 15.0. The number of benzene rings is 1. The molecule has 1 heterocycles. The molecule has 0 radical (unpaired) electrons. The molecule has 2 nitrogen and oxygen atoms in total. The lowest BCUT2D eigenvalue weighted by Gasteiger charge is -2.17. The van der Waals surface area contributed by atoms with Crippen LogP contribution >= 0.6 is 11.6 Å². The van der Waals surface area contributed by atoms with Crippen molar-refractivity contribution >= 4 is 11.6 Å². The molecule has 2 aromatic rings. The summed E-state index contributed by atoms with van der Waals surface area (Å²) in [6, 6.07) is 9.08. The summed E-state index contributed by atoms with van der Waals surface area (Å²) in [7, 11) is 2.00. The highest BCUT2D eigenvalue weighted by atomic mass is 35.5. The molecule has 3 heteroatoms. The second-order valence-electron chi connectivity index (χ2n) is 5.36. The molecule has 0 bridgehead atoms. The first-order valence-corrected chi connectivity index (χ1v) is 7.29. The Morgan fingerprint density at radius 2 is 1.85 bits per heavy atom. The van der Waals surface area contributed by atoms with Crippen molar-refractivity contribution in [1.82, 2.24) is 10.3 Å². The fourth-order valence-corrected chi connectivity index (χ4v) is 2.78. The summed E-state index contributed by atoms with van der Waals surface area (Å²) in [5.74, 6) is 0. The third kappa shape index (κ3) is 4.06. The standard InChI is InChI=1S/C17H21ClN2/c1-12-6-13(2)8-14(7-12)9-16(19-3)10-15-4-5-20-11-17(15)18/h4-8,11,16,19H,9-10H2,1-3H3. The topological polar surface area (TPSA) is 24.9 Å². The zero-order chi connectivity index (χ0) is 14.5. The van der Waals surface area contributed by atoms with Gasteiger partial charge in [0.1, 0.15) is 0 Å². The van der Waals surface area contributed by atoms with Crippen molar-refractivity contribution in [3.8, 4) is 0 Å². The summed E-state index contributed by atoms with van der Waals surface area (Å²) in [5.41, 5.74) is 5.14. The highest BCUT2D eigenvalue weighted by Gasteiger charge is 2.11. The van der Waals surface area contributed by atoms with Crippen LogP contribution in [0.25, 0.3) is 0 Å². The van der Waals surface area contributed by atoms with Gasteiger partial charge >= 0.3 is 0 Å². The molecule has 0 fully saturated rings. The molecule has 1 atom stereocenters. The third-order valence-electron chi connectivity index (χ3n) is 3.49. The number of nitrogens with zero attached hydrogens (tertiary/aromatic N) is 1. The summed E-state index contributed by atoms with van der Waals surface area (Å²) in [6.07, 6.45) is 5.41. The summed E-state index contributed by atoms with van der Waals surface area (Å²) in [5, 5.41) is 4.13. The number of halogens is 1. The first-order valence-electron chi connectivity index (χ1n) is 6.91. The molecule has 20 heavy (non-hydrogen) atoms. The van der Waals surface area contributed by atoms with E-state index in [9.17, 15) is 0 Å². The van der Waals surface area contributed by atoms with Gasteiger partial charge in [-0.3, -0.25) is 4.98 Å². The average molecular weight is 289 g/mol. The maximum absolute atomic E-state index is 6.19. The maximum Gasteiger partial charge on any atom is 0.0621 e. The molecular weight excluding hydrogens is 268 g/mol. The Hall–Kier alpha value is -1.38. The van der Waals surface area contributed by atoms with E-state index in [1.54, 1.807) is 12.4 Å². The van der Waals surface area contributed by atoms with Gasteiger partial charge in [-0.15, -0.1) is 0 Å². The number of hydrogen-bond acceptors (Lipinski definition) is 2. The third-order valence-corrected chi connectivity index (χ3v) is 3.83. The second kappa shape index (κ2) is 6.87. The van der Waals surface area contributed by atoms with E-state index in [0.29, 0.717) is 6.04 Å². The summed E-state index contributed by atoms with van der Waals surface area (Å²) < 4.78 is 0. The van der Waals surface area contributed by atoms with Gasteiger partial charge in [0.05, 0.1) is 5.02 Å². The van der Waals surface area contributed by atoms with E-state index in [1.807, 2.05) is 13.1 Å². The Morgan fingerprint density at radius 3 is 2.45 bits per heavy atom. The summed E-state index contributed by atoms with van der Waals surface area (Å²) >= 11 is 6.19. The van der Waals surface area contributed by atoms with Gasteiger partial charge in [0.2, 0.25) is 0 Å². The van der Waals surface area contributed by atoms with Crippen LogP contribution in [0.5, 0.6) is 0 Å². The number of aromatic nitrogens is 1. The van der Waals surface area contributed by atoms with Crippen LogP contribution in [-0.2, 0) is 12.8 Å². The van der Waals surface area contributed by atoms with E-state index in [4.69, 9.17) is 11.6 Å². The lowest BCUT2D eigenvalue weighted by atomic mass is 9.97. The van der Waals surface area contributed by atoms with Crippen LogP contribution in [0.1, 0.15) is 22.3 Å². The molecule has 0 aliphatic heterocycles. The number of hydrogen-bond donors (Lipinski definition) is 1. The lowest BCUT2D eigenvalue weighted by Crippen LogP contribution is -2.30. The predicted molar refractivity (Wildman–Crippen MR) is 85.4 cm³/mol. The minimum atomic E-state index is 0.371. The number of nitrogens with one attached hydrogen (secondary N) is 1. The maximum atomic E-state index is 6.19. The van der Waals surface area contributed by atoms with Gasteiger partial charge in [-0.2, -0.15) is 0 Å². The van der Waals surface area contributed by atoms with E-state index in [1.165, 1.54) is 16.7 Å². The number of likely N-dealkylation sites (N-methyl/N-ethyl adjacent to an activating group) is 1. The number of pyridine rings is 1. The van der Waals surface area contributed by atoms with Crippen LogP contribution < -0.4 is 5.32 Å². The molecule has 0 aliphatic carbocycles. The minimum absolute atomic E-state index is 0.371. The molecule has 1 N–H and O–H groups in total. The van der Waals surface area contributed by atoms with Crippen molar-refractivity contribution in [2.45, 2.75) is 32.7 Å². The highest BCUT2D eigenvalue weighted by molar-refractivity contribution is 6.31. The van der Waals surface area contributed by atoms with Crippen molar-refractivity contribution in [2.24, 2.45) is 0 Å². The summed E-state index contributed by atoms with van der Waals surface area (Å²) in [4.78, 5) is 4.03. The molecule has 0 spiro atoms. The molecule has 0 saturated carbocycles. The van der Waals surface area contributed by atoms with Gasteiger partial charge in [-0.25, -0.2) is 0 Å². The van der Waals surface area contributed by atoms with Gasteiger partial charge in [0.25, 0.3) is 0 Å². The monoisotopic (exact) mass is 288 g/mol. The van der Waals surface area contributed by atoms with Gasteiger partial charge in [0, 0.05) is 18.4 Å². The van der Waals surface area contributed by atoms with Crippen molar-refractivity contribution in [1.29, 1.82) is 0 Å². The fraction of sp³-hybridized carbons (Fsp3) is 0.353. The van der Waals surface area contributed by atoms with Crippen molar-refractivity contribution < 1.29 is 0 Å². The van der Waals surface area contributed by atoms with Crippen LogP contribution in [0.3, 0.4) is 0 Å². The van der Waals surface area contributed by atoms with E-state index < -0.39 is 0 Å². The van der Waals surface area contributed by atoms with Crippen LogP contribution in [0.15, 0.2) is 36.7 Å². The quantitative estimate of drug-likeness (QED) is 0.907. The Labute approximate surface area is 126 Å². The Morgan fingerprint density at radius 1 is 1.15 bits per heavy atom. The van der Waals surface area contributed by atoms with Crippen molar-refractivity contribution in [2.75, 3.05) is 7.05 Å². The van der Waals surface area contributed by atoms with E-state index in [-0.39, 0.29) is 0 Å². The predicted octanol–water partition coefficient (Wildman–Crippen LogP) is 3.73. The molecule has 1 aromatic heterocycles. The summed E-state index contributed by atoms with van der Waals surface area (Å²) in [6.45, 7) is 4.29. The van der Waals surface area contributed by atoms with Gasteiger partial charge in [-0.1, -0.05) is 40.9 Å². The first-order chi connectivity index (χ1) is 9.58. The molecule has 0 aliphatic rings. The Kier molecular flexibility index (Phi) is 5.16. The zero-order valence-corrected chi connectivity index (χ0v) is 13.0. The van der Waals surface area contributed by atoms with Gasteiger partial charge < -0.3 is 5.32 Å². The normalized spacial score (nSPS) is 12.4. The number of aryl methyl sites for hydroxylation is 2. The molecule has 1 aromatic carbocycles. The molecule has 0 saturated heterocycles. The largest absolute Gasteiger partial charge is 0.316 e.